The summed E-state index contributed by atoms with van der Waals surface area (Å²) < 4.78 is 0. The van der Waals surface area contributed by atoms with Gasteiger partial charge in [0.15, 0.2) is 0 Å². The highest BCUT2D eigenvalue weighted by Crippen LogP contribution is 2.29. The molecule has 0 saturated carbocycles. The molecule has 0 spiro atoms. The average Bonchev–Trinajstić information content (AvgIpc) is 2.77. The van der Waals surface area contributed by atoms with Crippen LogP contribution in [0.4, 0.5) is 4.79 Å². The number of piperazine rings is 1. The summed E-state index contributed by atoms with van der Waals surface area (Å²) >= 11 is 6.58. The van der Waals surface area contributed by atoms with Crippen molar-refractivity contribution >= 4 is 34.5 Å². The van der Waals surface area contributed by atoms with Gasteiger partial charge in [-0.25, -0.2) is 9.78 Å². The molecule has 1 aliphatic rings. The van der Waals surface area contributed by atoms with Gasteiger partial charge in [-0.15, -0.1) is 0 Å². The smallest absolute Gasteiger partial charge is 0.407 e. The zero-order chi connectivity index (χ0) is 23.7. The van der Waals surface area contributed by atoms with Gasteiger partial charge in [0.1, 0.15) is 0 Å². The maximum absolute atomic E-state index is 13.1. The molecule has 2 heterocycles. The lowest BCUT2D eigenvalue weighted by Crippen LogP contribution is -2.55. The van der Waals surface area contributed by atoms with Crippen LogP contribution in [0.15, 0.2) is 48.5 Å². The molecule has 33 heavy (non-hydrogen) atoms. The van der Waals surface area contributed by atoms with Crippen molar-refractivity contribution in [1.29, 1.82) is 0 Å². The summed E-state index contributed by atoms with van der Waals surface area (Å²) in [5, 5.41) is 10.6. The zero-order valence-corrected chi connectivity index (χ0v) is 19.7. The third-order valence-corrected chi connectivity index (χ3v) is 6.20. The van der Waals surface area contributed by atoms with E-state index in [2.05, 4.69) is 17.0 Å². The number of carboxylic acid groups (broad SMARTS) is 1. The summed E-state index contributed by atoms with van der Waals surface area (Å²) in [5.74, 6) is -0.134. The minimum absolute atomic E-state index is 0.134. The fourth-order valence-electron chi connectivity index (χ4n) is 4.27. The molecule has 2 amide bonds. The Kier molecular flexibility index (Phi) is 6.54. The Morgan fingerprint density at radius 2 is 1.94 bits per heavy atom. The van der Waals surface area contributed by atoms with Crippen molar-refractivity contribution in [2.24, 2.45) is 0 Å². The summed E-state index contributed by atoms with van der Waals surface area (Å²) in [5.41, 5.74) is 4.06. The number of hydrogen-bond donors (Lipinski definition) is 1. The predicted molar refractivity (Wildman–Crippen MR) is 130 cm³/mol. The molecule has 7 nitrogen and oxygen atoms in total. The summed E-state index contributed by atoms with van der Waals surface area (Å²) in [4.78, 5) is 34.4. The van der Waals surface area contributed by atoms with Crippen LogP contribution < -0.4 is 0 Å². The molecule has 1 fully saturated rings. The third-order valence-electron chi connectivity index (χ3n) is 5.89. The van der Waals surface area contributed by atoms with Gasteiger partial charge in [0.05, 0.1) is 16.2 Å². The van der Waals surface area contributed by atoms with Crippen LogP contribution in [0.2, 0.25) is 5.02 Å². The maximum Gasteiger partial charge on any atom is 0.407 e. The van der Waals surface area contributed by atoms with Crippen LogP contribution in [0.5, 0.6) is 0 Å². The lowest BCUT2D eigenvalue weighted by molar-refractivity contribution is 0.0507. The second-order valence-electron chi connectivity index (χ2n) is 8.74. The predicted octanol–water partition coefficient (Wildman–Crippen LogP) is 4.44. The normalized spacial score (nSPS) is 16.5. The van der Waals surface area contributed by atoms with Gasteiger partial charge in [0.2, 0.25) is 0 Å². The minimum atomic E-state index is -0.957. The van der Waals surface area contributed by atoms with E-state index < -0.39 is 6.09 Å². The molecule has 1 aromatic heterocycles. The topological polar surface area (TPSA) is 77.0 Å². The van der Waals surface area contributed by atoms with Crippen molar-refractivity contribution in [3.05, 3.63) is 64.7 Å². The van der Waals surface area contributed by atoms with Crippen LogP contribution >= 0.6 is 11.6 Å². The summed E-state index contributed by atoms with van der Waals surface area (Å²) in [6.07, 6.45) is -0.957. The van der Waals surface area contributed by atoms with Gasteiger partial charge in [-0.1, -0.05) is 35.9 Å². The summed E-state index contributed by atoms with van der Waals surface area (Å²) in [6, 6.07) is 15.1. The van der Waals surface area contributed by atoms with Crippen LogP contribution in [0.1, 0.15) is 22.8 Å². The zero-order valence-electron chi connectivity index (χ0n) is 19.0. The van der Waals surface area contributed by atoms with E-state index in [0.717, 1.165) is 23.2 Å². The summed E-state index contributed by atoms with van der Waals surface area (Å²) in [7, 11) is 4.05. The number of rotatable bonds is 4. The van der Waals surface area contributed by atoms with E-state index in [1.807, 2.05) is 45.3 Å². The molecule has 1 aliphatic heterocycles. The first kappa shape index (κ1) is 23.0. The van der Waals surface area contributed by atoms with Crippen LogP contribution in [-0.2, 0) is 6.54 Å². The monoisotopic (exact) mass is 466 g/mol. The number of aromatic nitrogens is 1. The molecule has 172 valence electrons. The third kappa shape index (κ3) is 4.94. The van der Waals surface area contributed by atoms with E-state index in [-0.39, 0.29) is 11.9 Å². The van der Waals surface area contributed by atoms with Crippen molar-refractivity contribution in [2.75, 3.05) is 33.7 Å². The molecule has 1 atom stereocenters. The summed E-state index contributed by atoms with van der Waals surface area (Å²) in [6.45, 7) is 3.65. The maximum atomic E-state index is 13.1. The molecule has 0 unspecified atom stereocenters. The van der Waals surface area contributed by atoms with E-state index in [4.69, 9.17) is 16.6 Å². The van der Waals surface area contributed by atoms with Gasteiger partial charge in [-0.05, 0) is 50.8 Å². The second kappa shape index (κ2) is 9.37. The number of amides is 2. The van der Waals surface area contributed by atoms with Crippen molar-refractivity contribution in [2.45, 2.75) is 19.5 Å². The molecular weight excluding hydrogens is 440 g/mol. The highest BCUT2D eigenvalue weighted by atomic mass is 35.5. The molecule has 1 saturated heterocycles. The molecule has 1 N–H and O–H groups in total. The number of carbonyl (C=O) groups is 2. The number of benzene rings is 2. The Morgan fingerprint density at radius 3 is 2.64 bits per heavy atom. The Balaban J connectivity index is 1.64. The van der Waals surface area contributed by atoms with E-state index in [9.17, 15) is 14.7 Å². The first-order valence-electron chi connectivity index (χ1n) is 10.9. The number of hydrogen-bond acceptors (Lipinski definition) is 4. The Hall–Kier alpha value is -3.16. The number of pyridine rings is 1. The molecular formula is C25H27ClN4O3. The van der Waals surface area contributed by atoms with Gasteiger partial charge in [0, 0.05) is 48.7 Å². The lowest BCUT2D eigenvalue weighted by Gasteiger charge is -2.38. The minimum Gasteiger partial charge on any atom is -0.465 e. The highest BCUT2D eigenvalue weighted by molar-refractivity contribution is 6.35. The van der Waals surface area contributed by atoms with Crippen LogP contribution in [0.3, 0.4) is 0 Å². The number of halogens is 1. The van der Waals surface area contributed by atoms with Crippen LogP contribution in [0.25, 0.3) is 22.2 Å². The number of carbonyl (C=O) groups excluding carboxylic acids is 1. The first-order valence-corrected chi connectivity index (χ1v) is 11.2. The second-order valence-corrected chi connectivity index (χ2v) is 9.14. The highest BCUT2D eigenvalue weighted by Gasteiger charge is 2.30. The molecule has 0 radical (unpaired) electrons. The van der Waals surface area contributed by atoms with Crippen LogP contribution in [-0.4, -0.2) is 76.6 Å². The van der Waals surface area contributed by atoms with E-state index >= 15 is 0 Å². The lowest BCUT2D eigenvalue weighted by atomic mass is 10.0. The standard InChI is InChI=1S/C25H27ClN4O3/c1-16-14-29(9-10-30(16)25(32)33)24(31)19-7-8-20-21(26)13-22(27-23(20)12-19)18-6-4-5-17(11-18)15-28(2)3/h4-8,11-13,16H,9-10,14-15H2,1-3H3,(H,32,33)/t16-/m1/s1. The average molecular weight is 467 g/mol. The van der Waals surface area contributed by atoms with Gasteiger partial charge in [-0.3, -0.25) is 4.79 Å². The SMILES string of the molecule is C[C@@H]1CN(C(=O)c2ccc3c(Cl)cc(-c4cccc(CN(C)C)c4)nc3c2)CCN1C(=O)O. The van der Waals surface area contributed by atoms with Gasteiger partial charge in [-0.2, -0.15) is 0 Å². The van der Waals surface area contributed by atoms with Gasteiger partial charge >= 0.3 is 6.09 Å². The molecule has 0 bridgehead atoms. The molecule has 4 rings (SSSR count). The largest absolute Gasteiger partial charge is 0.465 e. The number of fused-ring (bicyclic) bond motifs is 1. The van der Waals surface area contributed by atoms with Gasteiger partial charge < -0.3 is 19.8 Å². The van der Waals surface area contributed by atoms with E-state index in [1.165, 1.54) is 10.5 Å². The van der Waals surface area contributed by atoms with Gasteiger partial charge in [0.25, 0.3) is 5.91 Å². The quantitative estimate of drug-likeness (QED) is 0.615. The fraction of sp³-hybridized carbons (Fsp3) is 0.320. The molecule has 2 aromatic carbocycles. The Labute approximate surface area is 198 Å². The van der Waals surface area contributed by atoms with Crippen molar-refractivity contribution in [1.82, 2.24) is 19.7 Å². The molecule has 8 heteroatoms. The first-order chi connectivity index (χ1) is 15.7. The molecule has 3 aromatic rings. The van der Waals surface area contributed by atoms with Crippen molar-refractivity contribution < 1.29 is 14.7 Å². The Morgan fingerprint density at radius 1 is 1.15 bits per heavy atom. The fourth-order valence-corrected chi connectivity index (χ4v) is 4.53. The van der Waals surface area contributed by atoms with Crippen molar-refractivity contribution in [3.8, 4) is 11.3 Å². The Bertz CT molecular complexity index is 1210. The van der Waals surface area contributed by atoms with Crippen molar-refractivity contribution in [3.63, 3.8) is 0 Å². The number of nitrogens with zero attached hydrogens (tertiary/aromatic N) is 4. The van der Waals surface area contributed by atoms with E-state index in [0.29, 0.717) is 35.7 Å². The van der Waals surface area contributed by atoms with Crippen LogP contribution in [0, 0.1) is 0 Å². The molecule has 0 aliphatic carbocycles. The van der Waals surface area contributed by atoms with E-state index in [1.54, 1.807) is 17.0 Å².